The summed E-state index contributed by atoms with van der Waals surface area (Å²) in [6, 6.07) is 16.7. The fourth-order valence-corrected chi connectivity index (χ4v) is 2.99. The monoisotopic (exact) mass is 338 g/mol. The van der Waals surface area contributed by atoms with Gasteiger partial charge in [-0.3, -0.25) is 9.69 Å². The second kappa shape index (κ2) is 6.97. The number of nitrogens with one attached hydrogen (secondary N) is 1. The van der Waals surface area contributed by atoms with Gasteiger partial charge in [0.05, 0.1) is 6.61 Å². The Labute approximate surface area is 147 Å². The zero-order valence-electron chi connectivity index (χ0n) is 14.5. The van der Waals surface area contributed by atoms with Crippen LogP contribution in [-0.2, 0) is 10.3 Å². The fraction of sp³-hybridized carbons (Fsp3) is 0.300. The second-order valence-corrected chi connectivity index (χ2v) is 6.35. The molecule has 5 nitrogen and oxygen atoms in total. The first kappa shape index (κ1) is 17.0. The number of para-hydroxylation sites is 1. The zero-order valence-corrected chi connectivity index (χ0v) is 14.5. The molecule has 1 atom stereocenters. The van der Waals surface area contributed by atoms with Gasteiger partial charge >= 0.3 is 6.03 Å². The minimum atomic E-state index is -1.00. The summed E-state index contributed by atoms with van der Waals surface area (Å²) in [5.74, 6) is 0.605. The normalized spacial score (nSPS) is 19.8. The number of benzene rings is 2. The molecule has 1 unspecified atom stereocenters. The van der Waals surface area contributed by atoms with E-state index in [1.165, 1.54) is 4.90 Å². The molecule has 1 fully saturated rings. The molecule has 25 heavy (non-hydrogen) atoms. The summed E-state index contributed by atoms with van der Waals surface area (Å²) in [5.41, 5.74) is 0.844. The molecule has 3 amide bonds. The number of ether oxygens (including phenoxy) is 1. The molecule has 0 saturated carbocycles. The maximum Gasteiger partial charge on any atom is 0.325 e. The molecule has 0 aromatic heterocycles. The summed E-state index contributed by atoms with van der Waals surface area (Å²) in [4.78, 5) is 26.3. The van der Waals surface area contributed by atoms with Gasteiger partial charge in [-0.05, 0) is 37.5 Å². The standard InChI is InChI=1S/C20H22N2O3/c1-15-9-6-7-12-17(15)25-14-8-13-22-18(23)20(2,21-19(22)24)16-10-4-3-5-11-16/h3-7,9-12H,8,13-14H2,1-2H3,(H,21,24). The van der Waals surface area contributed by atoms with Gasteiger partial charge in [-0.25, -0.2) is 4.79 Å². The van der Waals surface area contributed by atoms with Crippen LogP contribution in [0.25, 0.3) is 0 Å². The van der Waals surface area contributed by atoms with E-state index < -0.39 is 5.54 Å². The lowest BCUT2D eigenvalue weighted by molar-refractivity contribution is -0.131. The number of hydrogen-bond donors (Lipinski definition) is 1. The third-order valence-electron chi connectivity index (χ3n) is 4.50. The number of rotatable bonds is 6. The molecule has 0 spiro atoms. The van der Waals surface area contributed by atoms with Crippen LogP contribution in [0.15, 0.2) is 54.6 Å². The molecular weight excluding hydrogens is 316 g/mol. The third-order valence-corrected chi connectivity index (χ3v) is 4.50. The van der Waals surface area contributed by atoms with Gasteiger partial charge in [0.2, 0.25) is 0 Å². The lowest BCUT2D eigenvalue weighted by Gasteiger charge is -2.22. The quantitative estimate of drug-likeness (QED) is 0.650. The maximum absolute atomic E-state index is 12.8. The van der Waals surface area contributed by atoms with Gasteiger partial charge in [-0.1, -0.05) is 48.5 Å². The van der Waals surface area contributed by atoms with Crippen molar-refractivity contribution >= 4 is 11.9 Å². The van der Waals surface area contributed by atoms with E-state index >= 15 is 0 Å². The van der Waals surface area contributed by atoms with E-state index in [0.29, 0.717) is 19.6 Å². The topological polar surface area (TPSA) is 58.6 Å². The van der Waals surface area contributed by atoms with Crippen LogP contribution in [0.3, 0.4) is 0 Å². The summed E-state index contributed by atoms with van der Waals surface area (Å²) >= 11 is 0. The van der Waals surface area contributed by atoms with Crippen molar-refractivity contribution in [3.63, 3.8) is 0 Å². The minimum absolute atomic E-state index is 0.223. The molecule has 2 aromatic carbocycles. The Morgan fingerprint density at radius 1 is 1.04 bits per heavy atom. The highest BCUT2D eigenvalue weighted by Crippen LogP contribution is 2.28. The number of aryl methyl sites for hydroxylation is 1. The molecule has 2 aromatic rings. The minimum Gasteiger partial charge on any atom is -0.493 e. The first-order valence-electron chi connectivity index (χ1n) is 8.40. The lowest BCUT2D eigenvalue weighted by atomic mass is 9.92. The van der Waals surface area contributed by atoms with Gasteiger partial charge in [0.25, 0.3) is 5.91 Å². The summed E-state index contributed by atoms with van der Waals surface area (Å²) in [6.07, 6.45) is 0.582. The summed E-state index contributed by atoms with van der Waals surface area (Å²) in [5, 5.41) is 2.81. The van der Waals surface area contributed by atoms with E-state index in [-0.39, 0.29) is 11.9 Å². The van der Waals surface area contributed by atoms with E-state index in [0.717, 1.165) is 16.9 Å². The van der Waals surface area contributed by atoms with Crippen LogP contribution in [0.5, 0.6) is 5.75 Å². The van der Waals surface area contributed by atoms with Crippen LogP contribution in [0.2, 0.25) is 0 Å². The molecule has 0 aliphatic carbocycles. The Bertz CT molecular complexity index is 776. The Morgan fingerprint density at radius 3 is 2.44 bits per heavy atom. The fourth-order valence-electron chi connectivity index (χ4n) is 2.99. The molecule has 5 heteroatoms. The predicted molar refractivity (Wildman–Crippen MR) is 95.3 cm³/mol. The van der Waals surface area contributed by atoms with E-state index in [1.807, 2.05) is 61.5 Å². The Morgan fingerprint density at radius 2 is 1.72 bits per heavy atom. The molecule has 130 valence electrons. The molecule has 1 aliphatic rings. The van der Waals surface area contributed by atoms with Crippen molar-refractivity contribution < 1.29 is 14.3 Å². The number of hydrogen-bond acceptors (Lipinski definition) is 3. The summed E-state index contributed by atoms with van der Waals surface area (Å²) in [6.45, 7) is 4.51. The summed E-state index contributed by atoms with van der Waals surface area (Å²) in [7, 11) is 0. The van der Waals surface area contributed by atoms with Crippen molar-refractivity contribution in [1.29, 1.82) is 0 Å². The maximum atomic E-state index is 12.8. The van der Waals surface area contributed by atoms with E-state index in [2.05, 4.69) is 5.32 Å². The van der Waals surface area contributed by atoms with E-state index in [1.54, 1.807) is 6.92 Å². The van der Waals surface area contributed by atoms with Crippen molar-refractivity contribution in [1.82, 2.24) is 10.2 Å². The Kier molecular flexibility index (Phi) is 4.74. The number of amides is 3. The van der Waals surface area contributed by atoms with Crippen molar-refractivity contribution in [2.75, 3.05) is 13.2 Å². The smallest absolute Gasteiger partial charge is 0.325 e. The van der Waals surface area contributed by atoms with Gasteiger partial charge in [-0.2, -0.15) is 0 Å². The van der Waals surface area contributed by atoms with Crippen LogP contribution < -0.4 is 10.1 Å². The molecular formula is C20H22N2O3. The summed E-state index contributed by atoms with van der Waals surface area (Å²) < 4.78 is 5.73. The highest BCUT2D eigenvalue weighted by Gasteiger charge is 2.48. The number of carbonyl (C=O) groups excluding carboxylic acids is 2. The zero-order chi connectivity index (χ0) is 17.9. The van der Waals surface area contributed by atoms with Gasteiger partial charge in [0.1, 0.15) is 11.3 Å². The highest BCUT2D eigenvalue weighted by molar-refractivity contribution is 6.07. The molecule has 0 radical (unpaired) electrons. The van der Waals surface area contributed by atoms with Gasteiger partial charge in [0, 0.05) is 6.54 Å². The number of carbonyl (C=O) groups is 2. The van der Waals surface area contributed by atoms with Gasteiger partial charge < -0.3 is 10.1 Å². The van der Waals surface area contributed by atoms with Crippen LogP contribution in [0.1, 0.15) is 24.5 Å². The lowest BCUT2D eigenvalue weighted by Crippen LogP contribution is -2.41. The van der Waals surface area contributed by atoms with Crippen LogP contribution in [0, 0.1) is 6.92 Å². The van der Waals surface area contributed by atoms with E-state index in [4.69, 9.17) is 4.74 Å². The second-order valence-electron chi connectivity index (χ2n) is 6.35. The first-order chi connectivity index (χ1) is 12.0. The molecule has 1 N–H and O–H groups in total. The molecule has 1 saturated heterocycles. The van der Waals surface area contributed by atoms with Gasteiger partial charge in [0.15, 0.2) is 0 Å². The number of imide groups is 1. The SMILES string of the molecule is Cc1ccccc1OCCCN1C(=O)NC(C)(c2ccccc2)C1=O. The average Bonchev–Trinajstić information content (AvgIpc) is 2.84. The van der Waals surface area contributed by atoms with Gasteiger partial charge in [-0.15, -0.1) is 0 Å². The molecule has 1 heterocycles. The van der Waals surface area contributed by atoms with Crippen LogP contribution in [-0.4, -0.2) is 30.0 Å². The van der Waals surface area contributed by atoms with Crippen molar-refractivity contribution in [2.24, 2.45) is 0 Å². The van der Waals surface area contributed by atoms with Crippen LogP contribution in [0.4, 0.5) is 4.79 Å². The largest absolute Gasteiger partial charge is 0.493 e. The first-order valence-corrected chi connectivity index (χ1v) is 8.40. The molecule has 3 rings (SSSR count). The van der Waals surface area contributed by atoms with E-state index in [9.17, 15) is 9.59 Å². The average molecular weight is 338 g/mol. The Hall–Kier alpha value is -2.82. The van der Waals surface area contributed by atoms with Crippen molar-refractivity contribution in [3.8, 4) is 5.75 Å². The predicted octanol–water partition coefficient (Wildman–Crippen LogP) is 3.23. The van der Waals surface area contributed by atoms with Crippen molar-refractivity contribution in [2.45, 2.75) is 25.8 Å². The highest BCUT2D eigenvalue weighted by atomic mass is 16.5. The number of urea groups is 1. The Balaban J connectivity index is 1.59. The molecule has 1 aliphatic heterocycles. The number of nitrogens with zero attached hydrogens (tertiary/aromatic N) is 1. The van der Waals surface area contributed by atoms with Crippen LogP contribution >= 0.6 is 0 Å². The third kappa shape index (κ3) is 3.36. The van der Waals surface area contributed by atoms with Crippen molar-refractivity contribution in [3.05, 3.63) is 65.7 Å². The molecule has 0 bridgehead atoms.